The van der Waals surface area contributed by atoms with Gasteiger partial charge in [-0.05, 0) is 0 Å². The number of rotatable bonds is 9. The highest BCUT2D eigenvalue weighted by Gasteiger charge is 2.43. The Kier molecular flexibility index (Phi) is 6.96. The Morgan fingerprint density at radius 3 is 2.48 bits per heavy atom. The summed E-state index contributed by atoms with van der Waals surface area (Å²) in [5.74, 6) is 5.36. The minimum Gasteiger partial charge on any atom is -0.382 e. The number of fused-ring (bicyclic) bond motifs is 1. The standard InChI is InChI=1S/C10H17N6O12P3/c11-9-8-10(14-3-13-9)16(4-15-8)7-1-5(26-12)6(25-7)2-24-30(20,21)28-31(22,23)27-29(17,18)19/h3-7H,1-2,12H2,(H,20,21)(H,22,23)(H2,11,13,14)(H2,17,18,19)/t5-,6+,7+/m0/s1. The van der Waals surface area contributed by atoms with Gasteiger partial charge >= 0.3 is 23.5 Å². The molecule has 5 atom stereocenters. The highest BCUT2D eigenvalue weighted by Crippen LogP contribution is 2.66. The van der Waals surface area contributed by atoms with Crippen molar-refractivity contribution < 1.29 is 56.0 Å². The van der Waals surface area contributed by atoms with E-state index in [2.05, 4.69) is 28.1 Å². The highest BCUT2D eigenvalue weighted by atomic mass is 31.3. The summed E-state index contributed by atoms with van der Waals surface area (Å²) in [4.78, 5) is 52.5. The quantitative estimate of drug-likeness (QED) is 0.181. The second-order valence-corrected chi connectivity index (χ2v) is 10.4. The molecule has 8 N–H and O–H groups in total. The van der Waals surface area contributed by atoms with Crippen LogP contribution < -0.4 is 11.6 Å². The molecule has 0 bridgehead atoms. The molecule has 1 aliphatic heterocycles. The normalized spacial score (nSPS) is 26.0. The van der Waals surface area contributed by atoms with Crippen LogP contribution in [0.15, 0.2) is 12.7 Å². The van der Waals surface area contributed by atoms with Gasteiger partial charge in [0.05, 0.1) is 12.9 Å². The number of nitrogen functional groups attached to an aromatic ring is 1. The molecule has 18 nitrogen and oxygen atoms in total. The van der Waals surface area contributed by atoms with E-state index in [9.17, 15) is 18.6 Å². The van der Waals surface area contributed by atoms with Crippen molar-refractivity contribution in [3.05, 3.63) is 12.7 Å². The molecule has 0 aliphatic carbocycles. The van der Waals surface area contributed by atoms with Crippen molar-refractivity contribution in [2.24, 2.45) is 5.90 Å². The predicted molar refractivity (Wildman–Crippen MR) is 97.1 cm³/mol. The Hall–Kier alpha value is -1.36. The third kappa shape index (κ3) is 6.12. The Labute approximate surface area is 172 Å². The van der Waals surface area contributed by atoms with Crippen LogP contribution in [0.4, 0.5) is 5.82 Å². The van der Waals surface area contributed by atoms with E-state index in [0.29, 0.717) is 11.2 Å². The lowest BCUT2D eigenvalue weighted by Crippen LogP contribution is -2.31. The first kappa shape index (κ1) is 24.3. The summed E-state index contributed by atoms with van der Waals surface area (Å²) in [6.07, 6.45) is 0.0107. The number of hydrogen-bond donors (Lipinski definition) is 6. The van der Waals surface area contributed by atoms with Gasteiger partial charge in [-0.2, -0.15) is 8.62 Å². The maximum atomic E-state index is 11.9. The SMILES string of the molecule is NO[C@H]1C[C@H](n2cnc3c(N)ncnc32)O[C@@H]1COP(=O)(O)OP(=O)(O)OP(=O)(O)O. The number of phosphoric acid groups is 3. The van der Waals surface area contributed by atoms with Crippen molar-refractivity contribution in [3.63, 3.8) is 0 Å². The molecule has 0 amide bonds. The van der Waals surface area contributed by atoms with Crippen LogP contribution in [0.3, 0.4) is 0 Å². The van der Waals surface area contributed by atoms with Gasteiger partial charge in [0.25, 0.3) is 0 Å². The van der Waals surface area contributed by atoms with Crippen LogP contribution in [0.2, 0.25) is 0 Å². The Morgan fingerprint density at radius 2 is 1.84 bits per heavy atom. The number of nitrogens with zero attached hydrogens (tertiary/aromatic N) is 4. The molecular formula is C10H17N6O12P3. The van der Waals surface area contributed by atoms with E-state index in [1.54, 1.807) is 0 Å². The third-order valence-electron chi connectivity index (χ3n) is 3.87. The van der Waals surface area contributed by atoms with Gasteiger partial charge in [0.1, 0.15) is 30.3 Å². The van der Waals surface area contributed by atoms with Gasteiger partial charge in [0.15, 0.2) is 11.5 Å². The van der Waals surface area contributed by atoms with Crippen molar-refractivity contribution in [3.8, 4) is 0 Å². The molecule has 2 aromatic heterocycles. The van der Waals surface area contributed by atoms with Gasteiger partial charge in [-0.25, -0.2) is 34.5 Å². The molecule has 3 rings (SSSR count). The van der Waals surface area contributed by atoms with E-state index in [1.807, 2.05) is 0 Å². The summed E-state index contributed by atoms with van der Waals surface area (Å²) in [6, 6.07) is 0. The van der Waals surface area contributed by atoms with Gasteiger partial charge in [0.2, 0.25) is 0 Å². The van der Waals surface area contributed by atoms with Crippen LogP contribution in [-0.2, 0) is 36.4 Å². The monoisotopic (exact) mass is 506 g/mol. The topological polar surface area (TPSA) is 274 Å². The van der Waals surface area contributed by atoms with E-state index < -0.39 is 48.5 Å². The average Bonchev–Trinajstić information content (AvgIpc) is 3.21. The van der Waals surface area contributed by atoms with Crippen LogP contribution >= 0.6 is 23.5 Å². The molecule has 2 aromatic rings. The smallest absolute Gasteiger partial charge is 0.382 e. The van der Waals surface area contributed by atoms with Gasteiger partial charge in [0, 0.05) is 6.42 Å². The molecule has 1 aliphatic rings. The number of ether oxygens (including phenoxy) is 1. The summed E-state index contributed by atoms with van der Waals surface area (Å²) in [7, 11) is -16.5. The molecule has 1 fully saturated rings. The summed E-state index contributed by atoms with van der Waals surface area (Å²) in [5, 5.41) is 0. The second kappa shape index (κ2) is 8.88. The zero-order valence-electron chi connectivity index (χ0n) is 15.1. The predicted octanol–water partition coefficient (Wildman–Crippen LogP) is -0.702. The molecule has 0 aromatic carbocycles. The molecule has 0 spiro atoms. The minimum atomic E-state index is -5.64. The van der Waals surface area contributed by atoms with Gasteiger partial charge < -0.3 is 30.0 Å². The molecule has 1 saturated heterocycles. The van der Waals surface area contributed by atoms with E-state index in [4.69, 9.17) is 35.9 Å². The van der Waals surface area contributed by atoms with Crippen LogP contribution in [0, 0.1) is 0 Å². The zero-order valence-corrected chi connectivity index (χ0v) is 17.8. The van der Waals surface area contributed by atoms with Crippen molar-refractivity contribution >= 4 is 40.4 Å². The Bertz CT molecular complexity index is 1090. The lowest BCUT2D eigenvalue weighted by Gasteiger charge is -2.20. The fraction of sp³-hybridized carbons (Fsp3) is 0.500. The lowest BCUT2D eigenvalue weighted by atomic mass is 10.2. The van der Waals surface area contributed by atoms with Crippen LogP contribution in [0.25, 0.3) is 11.2 Å². The van der Waals surface area contributed by atoms with Crippen LogP contribution in [0.1, 0.15) is 12.6 Å². The lowest BCUT2D eigenvalue weighted by molar-refractivity contribution is -0.0600. The molecular weight excluding hydrogens is 489 g/mol. The number of aromatic nitrogens is 4. The first-order chi connectivity index (χ1) is 14.3. The number of imidazole rings is 1. The average molecular weight is 506 g/mol. The van der Waals surface area contributed by atoms with Crippen molar-refractivity contribution in [2.75, 3.05) is 12.3 Å². The number of nitrogens with two attached hydrogens (primary N) is 2. The molecule has 21 heteroatoms. The molecule has 31 heavy (non-hydrogen) atoms. The minimum absolute atomic E-state index is 0.121. The van der Waals surface area contributed by atoms with E-state index in [0.717, 1.165) is 0 Å². The first-order valence-electron chi connectivity index (χ1n) is 8.02. The second-order valence-electron chi connectivity index (χ2n) is 6.01. The molecule has 2 unspecified atom stereocenters. The van der Waals surface area contributed by atoms with Crippen LogP contribution in [-0.4, -0.2) is 57.9 Å². The summed E-state index contributed by atoms with van der Waals surface area (Å²) < 4.78 is 52.9. The van der Waals surface area contributed by atoms with E-state index >= 15 is 0 Å². The fourth-order valence-electron chi connectivity index (χ4n) is 2.72. The maximum Gasteiger partial charge on any atom is 0.490 e. The summed E-state index contributed by atoms with van der Waals surface area (Å²) >= 11 is 0. The van der Waals surface area contributed by atoms with Crippen molar-refractivity contribution in [1.82, 2.24) is 19.5 Å². The van der Waals surface area contributed by atoms with Crippen LogP contribution in [0.5, 0.6) is 0 Å². The summed E-state index contributed by atoms with van der Waals surface area (Å²) in [6.45, 7) is -0.730. The highest BCUT2D eigenvalue weighted by molar-refractivity contribution is 7.66. The molecule has 174 valence electrons. The largest absolute Gasteiger partial charge is 0.490 e. The van der Waals surface area contributed by atoms with Gasteiger partial charge in [-0.15, -0.1) is 0 Å². The fourth-order valence-corrected chi connectivity index (χ4v) is 5.75. The van der Waals surface area contributed by atoms with Crippen molar-refractivity contribution in [2.45, 2.75) is 24.9 Å². The molecule has 0 saturated carbocycles. The van der Waals surface area contributed by atoms with Gasteiger partial charge in [-0.3, -0.25) is 13.9 Å². The van der Waals surface area contributed by atoms with E-state index in [-0.39, 0.29) is 12.2 Å². The first-order valence-corrected chi connectivity index (χ1v) is 12.5. The number of phosphoric ester groups is 1. The zero-order chi connectivity index (χ0) is 23.0. The van der Waals surface area contributed by atoms with Gasteiger partial charge in [-0.1, -0.05) is 0 Å². The molecule has 3 heterocycles. The van der Waals surface area contributed by atoms with E-state index in [1.165, 1.54) is 17.2 Å². The number of hydrogen-bond acceptors (Lipinski definition) is 13. The Balaban J connectivity index is 1.67. The molecule has 0 radical (unpaired) electrons. The maximum absolute atomic E-state index is 11.9. The number of anilines is 1. The Morgan fingerprint density at radius 1 is 1.13 bits per heavy atom. The van der Waals surface area contributed by atoms with Crippen molar-refractivity contribution in [1.29, 1.82) is 0 Å². The summed E-state index contributed by atoms with van der Waals surface area (Å²) in [5.41, 5.74) is 6.37. The third-order valence-corrected chi connectivity index (χ3v) is 7.67.